The maximum Gasteiger partial charge on any atom is 0.143 e. The van der Waals surface area contributed by atoms with Crippen LogP contribution in [0.1, 0.15) is 0 Å². The van der Waals surface area contributed by atoms with Crippen LogP contribution < -0.4 is 0 Å². The van der Waals surface area contributed by atoms with Gasteiger partial charge in [-0.25, -0.2) is 0 Å². The van der Waals surface area contributed by atoms with E-state index in [0.29, 0.717) is 0 Å². The zero-order chi connectivity index (χ0) is 29.5. The van der Waals surface area contributed by atoms with Crippen LogP contribution in [0.15, 0.2) is 144 Å². The molecule has 0 aliphatic carbocycles. The average molecular weight is 578 g/mol. The number of nitrogens with zero attached hydrogens (tertiary/aromatic N) is 5. The smallest absolute Gasteiger partial charge is 0.143 e. The number of para-hydroxylation sites is 2. The first kappa shape index (κ1) is 24.2. The zero-order valence-corrected chi connectivity index (χ0v) is 23.9. The quantitative estimate of drug-likeness (QED) is 0.210. The first-order valence-corrected chi connectivity index (χ1v) is 14.9. The van der Waals surface area contributed by atoms with Gasteiger partial charge in [-0.3, -0.25) is 15.0 Å². The highest BCUT2D eigenvalue weighted by atomic mass is 16.3. The lowest BCUT2D eigenvalue weighted by Gasteiger charge is -2.08. The lowest BCUT2D eigenvalue weighted by atomic mass is 10.0. The normalized spacial score (nSPS) is 12.0. The van der Waals surface area contributed by atoms with Gasteiger partial charge in [0.1, 0.15) is 22.2 Å². The Morgan fingerprint density at radius 2 is 1.13 bits per heavy atom. The molecule has 45 heavy (non-hydrogen) atoms. The van der Waals surface area contributed by atoms with Crippen molar-refractivity contribution in [1.29, 1.82) is 0 Å². The van der Waals surface area contributed by atoms with E-state index < -0.39 is 0 Å². The summed E-state index contributed by atoms with van der Waals surface area (Å²) in [5.41, 5.74) is 13.0. The van der Waals surface area contributed by atoms with Gasteiger partial charge in [0.25, 0.3) is 0 Å². The van der Waals surface area contributed by atoms with Crippen molar-refractivity contribution in [3.05, 3.63) is 140 Å². The van der Waals surface area contributed by atoms with Crippen LogP contribution in [0.25, 0.3) is 88.4 Å². The summed E-state index contributed by atoms with van der Waals surface area (Å²) in [6, 6.07) is 42.1. The van der Waals surface area contributed by atoms with E-state index >= 15 is 0 Å². The zero-order valence-electron chi connectivity index (χ0n) is 23.9. The van der Waals surface area contributed by atoms with E-state index in [4.69, 9.17) is 9.40 Å². The van der Waals surface area contributed by atoms with Crippen molar-refractivity contribution in [2.24, 2.45) is 0 Å². The highest BCUT2D eigenvalue weighted by molar-refractivity contribution is 6.13. The van der Waals surface area contributed by atoms with Gasteiger partial charge in [-0.2, -0.15) is 0 Å². The Labute approximate surface area is 256 Å². The lowest BCUT2D eigenvalue weighted by Crippen LogP contribution is -1.93. The minimum atomic E-state index is 0.849. The molecule has 0 bridgehead atoms. The Kier molecular flexibility index (Phi) is 4.90. The van der Waals surface area contributed by atoms with Crippen molar-refractivity contribution in [3.8, 4) is 22.5 Å². The summed E-state index contributed by atoms with van der Waals surface area (Å²) in [6.07, 6.45) is 5.51. The molecular weight excluding hydrogens is 554 g/mol. The predicted molar refractivity (Wildman–Crippen MR) is 181 cm³/mol. The van der Waals surface area contributed by atoms with Gasteiger partial charge >= 0.3 is 0 Å². The van der Waals surface area contributed by atoms with Crippen molar-refractivity contribution < 1.29 is 4.42 Å². The topological polar surface area (TPSA) is 61.7 Å². The first-order chi connectivity index (χ1) is 22.3. The van der Waals surface area contributed by atoms with Crippen LogP contribution in [0.5, 0.6) is 0 Å². The van der Waals surface area contributed by atoms with Gasteiger partial charge in [-0.1, -0.05) is 42.5 Å². The fourth-order valence-corrected chi connectivity index (χ4v) is 6.94. The molecule has 6 aromatic heterocycles. The summed E-state index contributed by atoms with van der Waals surface area (Å²) in [5, 5.41) is 3.25. The van der Waals surface area contributed by atoms with Crippen LogP contribution in [0.2, 0.25) is 0 Å². The van der Waals surface area contributed by atoms with Gasteiger partial charge in [0.15, 0.2) is 0 Å². The van der Waals surface area contributed by atoms with Crippen molar-refractivity contribution in [2.45, 2.75) is 0 Å². The van der Waals surface area contributed by atoms with E-state index in [9.17, 15) is 0 Å². The first-order valence-electron chi connectivity index (χ1n) is 14.9. The summed E-state index contributed by atoms with van der Waals surface area (Å²) in [5.74, 6) is 0. The number of benzene rings is 4. The van der Waals surface area contributed by atoms with Crippen molar-refractivity contribution in [2.75, 3.05) is 0 Å². The third-order valence-electron chi connectivity index (χ3n) is 8.86. The number of hydrogen-bond donors (Lipinski definition) is 0. The second kappa shape index (κ2) is 9.11. The number of pyridine rings is 3. The molecule has 210 valence electrons. The van der Waals surface area contributed by atoms with Crippen LogP contribution in [-0.4, -0.2) is 24.1 Å². The molecule has 6 heterocycles. The van der Waals surface area contributed by atoms with E-state index in [1.54, 1.807) is 0 Å². The molecule has 0 atom stereocenters. The minimum Gasteiger partial charge on any atom is -0.455 e. The summed E-state index contributed by atoms with van der Waals surface area (Å²) < 4.78 is 11.1. The van der Waals surface area contributed by atoms with Crippen LogP contribution >= 0.6 is 0 Å². The number of fused-ring (bicyclic) bond motifs is 9. The molecule has 0 unspecified atom stereocenters. The predicted octanol–water partition coefficient (Wildman–Crippen LogP) is 9.63. The van der Waals surface area contributed by atoms with Gasteiger partial charge in [0.2, 0.25) is 0 Å². The number of furan rings is 1. The van der Waals surface area contributed by atoms with E-state index in [0.717, 1.165) is 88.4 Å². The third kappa shape index (κ3) is 3.42. The number of hydrogen-bond acceptors (Lipinski definition) is 4. The highest BCUT2D eigenvalue weighted by Gasteiger charge is 2.19. The third-order valence-corrected chi connectivity index (χ3v) is 8.86. The molecule has 0 saturated carbocycles. The molecule has 6 nitrogen and oxygen atoms in total. The Balaban J connectivity index is 1.18. The molecule has 6 heteroatoms. The van der Waals surface area contributed by atoms with Gasteiger partial charge in [-0.05, 0) is 84.4 Å². The van der Waals surface area contributed by atoms with E-state index in [2.05, 4.69) is 116 Å². The Morgan fingerprint density at radius 1 is 0.444 bits per heavy atom. The van der Waals surface area contributed by atoms with Crippen LogP contribution in [0.4, 0.5) is 0 Å². The van der Waals surface area contributed by atoms with E-state index in [1.165, 1.54) is 0 Å². The van der Waals surface area contributed by atoms with Crippen LogP contribution in [0.3, 0.4) is 0 Å². The molecule has 4 aromatic carbocycles. The molecule has 0 spiro atoms. The second-order valence-electron chi connectivity index (χ2n) is 11.3. The van der Waals surface area contributed by atoms with Gasteiger partial charge in [0.05, 0.1) is 27.6 Å². The van der Waals surface area contributed by atoms with Crippen molar-refractivity contribution in [1.82, 2.24) is 24.1 Å². The summed E-state index contributed by atoms with van der Waals surface area (Å²) >= 11 is 0. The van der Waals surface area contributed by atoms with Crippen LogP contribution in [0, 0.1) is 0 Å². The second-order valence-corrected chi connectivity index (χ2v) is 11.3. The molecule has 0 aliphatic heterocycles. The maximum atomic E-state index is 6.60. The van der Waals surface area contributed by atoms with E-state index in [-0.39, 0.29) is 0 Å². The lowest BCUT2D eigenvalue weighted by molar-refractivity contribution is 0.670. The molecule has 0 radical (unpaired) electrons. The molecule has 0 saturated heterocycles. The SMILES string of the molecule is c1ccc(-n2c3ccc(-c4cccc5c4oc4ccc(-n6c7cccnc7c7ncccc76)cc45)cc3c3ncccc32)cc1. The molecule has 0 fully saturated rings. The fourth-order valence-electron chi connectivity index (χ4n) is 6.94. The van der Waals surface area contributed by atoms with E-state index in [1.807, 2.05) is 42.9 Å². The standard InChI is InChI=1S/C39H23N5O/c1-2-8-25(9-3-1)43-31-17-15-24(22-30(31)36-32(43)12-5-19-40-36)27-10-4-11-28-29-23-26(16-18-35(29)45-39(27)28)44-33-13-6-20-41-37(33)38-34(44)14-7-21-42-38/h1-23H. The molecule has 0 aliphatic rings. The Hall–Kier alpha value is -6.27. The monoisotopic (exact) mass is 577 g/mol. The van der Waals surface area contributed by atoms with Crippen molar-refractivity contribution in [3.63, 3.8) is 0 Å². The Morgan fingerprint density at radius 3 is 1.89 bits per heavy atom. The summed E-state index contributed by atoms with van der Waals surface area (Å²) in [7, 11) is 0. The summed E-state index contributed by atoms with van der Waals surface area (Å²) in [6.45, 7) is 0. The Bertz CT molecular complexity index is 2720. The fraction of sp³-hybridized carbons (Fsp3) is 0. The number of aromatic nitrogens is 5. The summed E-state index contributed by atoms with van der Waals surface area (Å²) in [4.78, 5) is 14.1. The minimum absolute atomic E-state index is 0.849. The van der Waals surface area contributed by atoms with Crippen LogP contribution in [-0.2, 0) is 0 Å². The molecule has 10 rings (SSSR count). The maximum absolute atomic E-state index is 6.60. The van der Waals surface area contributed by atoms with Gasteiger partial charge in [-0.15, -0.1) is 0 Å². The van der Waals surface area contributed by atoms with Gasteiger partial charge in [0, 0.05) is 51.7 Å². The average Bonchev–Trinajstić information content (AvgIpc) is 3.76. The molecular formula is C39H23N5O. The largest absolute Gasteiger partial charge is 0.455 e. The number of rotatable bonds is 3. The molecule has 10 aromatic rings. The van der Waals surface area contributed by atoms with Crippen molar-refractivity contribution >= 4 is 65.9 Å². The van der Waals surface area contributed by atoms with Gasteiger partial charge < -0.3 is 13.6 Å². The highest BCUT2D eigenvalue weighted by Crippen LogP contribution is 2.40. The molecule has 0 amide bonds. The molecule has 0 N–H and O–H groups in total.